The molecule has 1 N–H and O–H groups in total. The lowest BCUT2D eigenvalue weighted by molar-refractivity contribution is 0.472. The van der Waals surface area contributed by atoms with Gasteiger partial charge in [-0.1, -0.05) is 31.5 Å². The zero-order valence-electron chi connectivity index (χ0n) is 8.84. The Morgan fingerprint density at radius 3 is 2.71 bits per heavy atom. The lowest BCUT2D eigenvalue weighted by Gasteiger charge is -2.19. The van der Waals surface area contributed by atoms with Crippen molar-refractivity contribution < 1.29 is 0 Å². The van der Waals surface area contributed by atoms with Crippen LogP contribution in [0.5, 0.6) is 0 Å². The van der Waals surface area contributed by atoms with E-state index in [9.17, 15) is 0 Å². The van der Waals surface area contributed by atoms with Gasteiger partial charge in [0.25, 0.3) is 0 Å². The Morgan fingerprint density at radius 2 is 2.07 bits per heavy atom. The Morgan fingerprint density at radius 1 is 1.36 bits per heavy atom. The third-order valence-electron chi connectivity index (χ3n) is 3.01. The van der Waals surface area contributed by atoms with Gasteiger partial charge in [-0.15, -0.1) is 0 Å². The first-order chi connectivity index (χ1) is 6.59. The van der Waals surface area contributed by atoms with Crippen LogP contribution in [-0.4, -0.2) is 6.04 Å². The molecule has 2 unspecified atom stereocenters. The minimum atomic E-state index is 0.517. The second kappa shape index (κ2) is 3.47. The molecule has 0 fully saturated rings. The molecule has 2 rings (SSSR count). The van der Waals surface area contributed by atoms with Crippen molar-refractivity contribution in [2.24, 2.45) is 5.92 Å². The third-order valence-corrected chi connectivity index (χ3v) is 3.25. The Kier molecular flexibility index (Phi) is 2.44. The Balaban J connectivity index is 2.42. The number of hydrogen-bond acceptors (Lipinski definition) is 1. The molecule has 0 spiro atoms. The summed E-state index contributed by atoms with van der Waals surface area (Å²) in [6.07, 6.45) is 0. The van der Waals surface area contributed by atoms with Crippen molar-refractivity contribution in [3.05, 3.63) is 28.8 Å². The summed E-state index contributed by atoms with van der Waals surface area (Å²) in [5.74, 6) is 1.28. The number of halogens is 1. The molecule has 1 aromatic carbocycles. The fourth-order valence-corrected chi connectivity index (χ4v) is 2.66. The van der Waals surface area contributed by atoms with Gasteiger partial charge in [0.2, 0.25) is 0 Å². The van der Waals surface area contributed by atoms with Crippen molar-refractivity contribution in [2.45, 2.75) is 32.7 Å². The molecule has 1 aliphatic heterocycles. The molecular formula is C12H16ClN. The largest absolute Gasteiger partial charge is 0.382 e. The van der Waals surface area contributed by atoms with Gasteiger partial charge in [-0.3, -0.25) is 0 Å². The Bertz CT molecular complexity index is 346. The maximum Gasteiger partial charge on any atom is 0.0426 e. The molecule has 0 radical (unpaired) electrons. The van der Waals surface area contributed by atoms with E-state index in [4.69, 9.17) is 11.6 Å². The van der Waals surface area contributed by atoms with Gasteiger partial charge in [0, 0.05) is 22.7 Å². The van der Waals surface area contributed by atoms with Crippen LogP contribution in [-0.2, 0) is 0 Å². The lowest BCUT2D eigenvalue weighted by Crippen LogP contribution is -2.20. The van der Waals surface area contributed by atoms with Gasteiger partial charge < -0.3 is 5.32 Å². The zero-order chi connectivity index (χ0) is 10.3. The molecule has 1 aliphatic rings. The van der Waals surface area contributed by atoms with Crippen LogP contribution in [0.4, 0.5) is 5.69 Å². The number of benzene rings is 1. The fraction of sp³-hybridized carbons (Fsp3) is 0.500. The van der Waals surface area contributed by atoms with Crippen molar-refractivity contribution >= 4 is 17.3 Å². The number of fused-ring (bicyclic) bond motifs is 1. The maximum atomic E-state index is 5.96. The van der Waals surface area contributed by atoms with E-state index in [1.165, 1.54) is 11.3 Å². The summed E-state index contributed by atoms with van der Waals surface area (Å²) in [7, 11) is 0. The van der Waals surface area contributed by atoms with Crippen LogP contribution in [0.2, 0.25) is 5.02 Å². The number of rotatable bonds is 1. The first kappa shape index (κ1) is 9.85. The SMILES string of the molecule is CC(C)C1c2ccc(Cl)cc2NC1C. The predicted octanol–water partition coefficient (Wildman–Crippen LogP) is 3.89. The molecule has 2 atom stereocenters. The lowest BCUT2D eigenvalue weighted by atomic mass is 9.86. The standard InChI is InChI=1S/C12H16ClN/c1-7(2)12-8(3)14-11-6-9(13)4-5-10(11)12/h4-8,12,14H,1-3H3. The van der Waals surface area contributed by atoms with Crippen molar-refractivity contribution in [2.75, 3.05) is 5.32 Å². The van der Waals surface area contributed by atoms with E-state index >= 15 is 0 Å². The molecule has 14 heavy (non-hydrogen) atoms. The molecule has 0 bridgehead atoms. The molecule has 1 heterocycles. The molecule has 0 aliphatic carbocycles. The van der Waals surface area contributed by atoms with Gasteiger partial charge in [-0.25, -0.2) is 0 Å². The van der Waals surface area contributed by atoms with Crippen LogP contribution in [0.25, 0.3) is 0 Å². The maximum absolute atomic E-state index is 5.96. The minimum Gasteiger partial charge on any atom is -0.382 e. The van der Waals surface area contributed by atoms with Crippen LogP contribution in [0, 0.1) is 5.92 Å². The highest BCUT2D eigenvalue weighted by molar-refractivity contribution is 6.30. The third kappa shape index (κ3) is 1.50. The van der Waals surface area contributed by atoms with Gasteiger partial charge in [0.05, 0.1) is 0 Å². The molecule has 76 valence electrons. The van der Waals surface area contributed by atoms with E-state index < -0.39 is 0 Å². The summed E-state index contributed by atoms with van der Waals surface area (Å²) in [4.78, 5) is 0. The number of anilines is 1. The van der Waals surface area contributed by atoms with Crippen LogP contribution in [0.15, 0.2) is 18.2 Å². The quantitative estimate of drug-likeness (QED) is 0.740. The number of hydrogen-bond donors (Lipinski definition) is 1. The minimum absolute atomic E-state index is 0.517. The summed E-state index contributed by atoms with van der Waals surface area (Å²) in [6.45, 7) is 6.78. The van der Waals surface area contributed by atoms with E-state index in [2.05, 4.69) is 32.2 Å². The van der Waals surface area contributed by atoms with Crippen molar-refractivity contribution in [1.29, 1.82) is 0 Å². The van der Waals surface area contributed by atoms with E-state index in [1.54, 1.807) is 0 Å². The first-order valence-corrected chi connectivity index (χ1v) is 5.53. The van der Waals surface area contributed by atoms with E-state index in [1.807, 2.05) is 12.1 Å². The zero-order valence-corrected chi connectivity index (χ0v) is 9.60. The molecular weight excluding hydrogens is 194 g/mol. The van der Waals surface area contributed by atoms with Crippen LogP contribution >= 0.6 is 11.6 Å². The summed E-state index contributed by atoms with van der Waals surface area (Å²) in [5, 5.41) is 4.30. The average Bonchev–Trinajstić information content (AvgIpc) is 2.39. The molecule has 2 heteroatoms. The summed E-state index contributed by atoms with van der Waals surface area (Å²) < 4.78 is 0. The topological polar surface area (TPSA) is 12.0 Å². The second-order valence-electron chi connectivity index (χ2n) is 4.43. The van der Waals surface area contributed by atoms with Crippen LogP contribution in [0.1, 0.15) is 32.3 Å². The fourth-order valence-electron chi connectivity index (χ4n) is 2.49. The van der Waals surface area contributed by atoms with Crippen molar-refractivity contribution in [3.8, 4) is 0 Å². The second-order valence-corrected chi connectivity index (χ2v) is 4.87. The smallest absolute Gasteiger partial charge is 0.0426 e. The first-order valence-electron chi connectivity index (χ1n) is 5.15. The van der Waals surface area contributed by atoms with Crippen molar-refractivity contribution in [1.82, 2.24) is 0 Å². The van der Waals surface area contributed by atoms with E-state index in [-0.39, 0.29) is 0 Å². The van der Waals surface area contributed by atoms with E-state index in [0.717, 1.165) is 5.02 Å². The molecule has 0 saturated carbocycles. The monoisotopic (exact) mass is 209 g/mol. The summed E-state index contributed by atoms with van der Waals surface area (Å²) >= 11 is 5.96. The van der Waals surface area contributed by atoms with Gasteiger partial charge >= 0.3 is 0 Å². The predicted molar refractivity (Wildman–Crippen MR) is 62.1 cm³/mol. The summed E-state index contributed by atoms with van der Waals surface area (Å²) in [6, 6.07) is 6.67. The molecule has 1 nitrogen and oxygen atoms in total. The number of nitrogens with one attached hydrogen (secondary N) is 1. The Labute approximate surface area is 90.5 Å². The van der Waals surface area contributed by atoms with Gasteiger partial charge in [0.15, 0.2) is 0 Å². The van der Waals surface area contributed by atoms with Crippen molar-refractivity contribution in [3.63, 3.8) is 0 Å². The normalized spacial score (nSPS) is 24.9. The van der Waals surface area contributed by atoms with Gasteiger partial charge in [-0.2, -0.15) is 0 Å². The Hall–Kier alpha value is -0.690. The molecule has 1 aromatic rings. The highest BCUT2D eigenvalue weighted by Crippen LogP contribution is 2.41. The molecule has 0 amide bonds. The van der Waals surface area contributed by atoms with Crippen LogP contribution in [0.3, 0.4) is 0 Å². The summed E-state index contributed by atoms with van der Waals surface area (Å²) in [5.41, 5.74) is 2.63. The highest BCUT2D eigenvalue weighted by atomic mass is 35.5. The van der Waals surface area contributed by atoms with Gasteiger partial charge in [0.1, 0.15) is 0 Å². The van der Waals surface area contributed by atoms with Gasteiger partial charge in [-0.05, 0) is 30.5 Å². The molecule has 0 saturated heterocycles. The molecule has 0 aromatic heterocycles. The van der Waals surface area contributed by atoms with Crippen LogP contribution < -0.4 is 5.32 Å². The highest BCUT2D eigenvalue weighted by Gasteiger charge is 2.30. The average molecular weight is 210 g/mol. The van der Waals surface area contributed by atoms with E-state index in [0.29, 0.717) is 17.9 Å².